The smallest absolute Gasteiger partial charge is 0.0353 e. The quantitative estimate of drug-likeness (QED) is 0.713. The van der Waals surface area contributed by atoms with Gasteiger partial charge in [0.05, 0.1) is 0 Å². The molecule has 62 valence electrons. The molecule has 0 saturated carbocycles. The van der Waals surface area contributed by atoms with E-state index in [2.05, 4.69) is 16.9 Å². The molecule has 1 unspecified atom stereocenters. The highest BCUT2D eigenvalue weighted by molar-refractivity contribution is 5.51. The summed E-state index contributed by atoms with van der Waals surface area (Å²) in [6, 6.07) is 2.51. The lowest BCUT2D eigenvalue weighted by molar-refractivity contribution is 0.382. The number of pyridine rings is 1. The molecular weight excluding hydrogens is 148 g/mol. The second-order valence-corrected chi connectivity index (χ2v) is 3.00. The molecule has 1 aliphatic rings. The van der Waals surface area contributed by atoms with Gasteiger partial charge in [-0.25, -0.2) is 0 Å². The van der Waals surface area contributed by atoms with Crippen molar-refractivity contribution in [3.8, 4) is 0 Å². The molecule has 0 radical (unpaired) electrons. The fourth-order valence-electron chi connectivity index (χ4n) is 1.45. The molecule has 0 spiro atoms. The Hall–Kier alpha value is -1.15. The highest BCUT2D eigenvalue weighted by Crippen LogP contribution is 2.25. The van der Waals surface area contributed by atoms with Gasteiger partial charge in [-0.3, -0.25) is 4.98 Å². The molecular formula is C10H12N2. The number of aromatic nitrogens is 1. The van der Waals surface area contributed by atoms with Crippen LogP contribution in [0.15, 0.2) is 25.0 Å². The minimum Gasteiger partial charge on any atom is -0.310 e. The molecule has 2 rings (SSSR count). The van der Waals surface area contributed by atoms with Gasteiger partial charge in [0.25, 0.3) is 0 Å². The first-order valence-electron chi connectivity index (χ1n) is 4.21. The Morgan fingerprint density at radius 2 is 2.50 bits per heavy atom. The molecule has 2 heteroatoms. The Kier molecular flexibility index (Phi) is 1.92. The first-order chi connectivity index (χ1) is 5.92. The second kappa shape index (κ2) is 3.07. The predicted molar refractivity (Wildman–Crippen MR) is 49.7 cm³/mol. The van der Waals surface area contributed by atoms with E-state index < -0.39 is 0 Å². The van der Waals surface area contributed by atoms with E-state index in [0.717, 1.165) is 6.54 Å². The maximum absolute atomic E-state index is 4.11. The van der Waals surface area contributed by atoms with Gasteiger partial charge in [-0.1, -0.05) is 12.7 Å². The minimum atomic E-state index is 0.506. The Balaban J connectivity index is 2.33. The molecule has 2 nitrogen and oxygen atoms in total. The topological polar surface area (TPSA) is 24.9 Å². The molecule has 0 bridgehead atoms. The van der Waals surface area contributed by atoms with E-state index in [1.54, 1.807) is 6.20 Å². The van der Waals surface area contributed by atoms with Crippen molar-refractivity contribution in [2.24, 2.45) is 0 Å². The zero-order valence-electron chi connectivity index (χ0n) is 6.96. The second-order valence-electron chi connectivity index (χ2n) is 3.00. The zero-order valence-corrected chi connectivity index (χ0v) is 6.96. The molecule has 1 atom stereocenters. The van der Waals surface area contributed by atoms with Crippen molar-refractivity contribution in [3.63, 3.8) is 0 Å². The van der Waals surface area contributed by atoms with E-state index in [1.165, 1.54) is 17.5 Å². The van der Waals surface area contributed by atoms with Crippen LogP contribution in [0.4, 0.5) is 0 Å². The summed E-state index contributed by atoms with van der Waals surface area (Å²) in [7, 11) is 0. The Labute approximate surface area is 72.3 Å². The van der Waals surface area contributed by atoms with Gasteiger partial charge < -0.3 is 5.32 Å². The van der Waals surface area contributed by atoms with E-state index >= 15 is 0 Å². The molecule has 1 saturated heterocycles. The Morgan fingerprint density at radius 1 is 1.67 bits per heavy atom. The van der Waals surface area contributed by atoms with Crippen LogP contribution < -0.4 is 5.32 Å². The van der Waals surface area contributed by atoms with Crippen LogP contribution >= 0.6 is 0 Å². The summed E-state index contributed by atoms with van der Waals surface area (Å²) >= 11 is 0. The highest BCUT2D eigenvalue weighted by atomic mass is 15.0. The zero-order chi connectivity index (χ0) is 8.39. The van der Waals surface area contributed by atoms with Gasteiger partial charge in [0.2, 0.25) is 0 Å². The minimum absolute atomic E-state index is 0.506. The van der Waals surface area contributed by atoms with E-state index in [4.69, 9.17) is 0 Å². The molecule has 1 N–H and O–H groups in total. The van der Waals surface area contributed by atoms with Crippen LogP contribution in [0.2, 0.25) is 0 Å². The van der Waals surface area contributed by atoms with E-state index in [-0.39, 0.29) is 0 Å². The first-order valence-corrected chi connectivity index (χ1v) is 4.21. The molecule has 1 aromatic rings. The van der Waals surface area contributed by atoms with Gasteiger partial charge in [0.15, 0.2) is 0 Å². The molecule has 0 amide bonds. The number of nitrogens with zero attached hydrogens (tertiary/aromatic N) is 1. The largest absolute Gasteiger partial charge is 0.310 e. The summed E-state index contributed by atoms with van der Waals surface area (Å²) in [6.07, 6.45) is 6.83. The lowest BCUT2D eigenvalue weighted by atomic mass is 9.95. The Bertz CT molecular complexity index is 290. The van der Waals surface area contributed by atoms with Crippen LogP contribution in [-0.2, 0) is 0 Å². The SMILES string of the molecule is C=Cc1ccncc1C1CCN1. The average Bonchev–Trinajstić information content (AvgIpc) is 2.02. The third kappa shape index (κ3) is 1.14. The predicted octanol–water partition coefficient (Wildman–Crippen LogP) is 1.76. The summed E-state index contributed by atoms with van der Waals surface area (Å²) in [5.74, 6) is 0. The van der Waals surface area contributed by atoms with Crippen molar-refractivity contribution in [3.05, 3.63) is 36.2 Å². The molecule has 12 heavy (non-hydrogen) atoms. The maximum atomic E-state index is 4.11. The molecule has 1 fully saturated rings. The van der Waals surface area contributed by atoms with E-state index in [0.29, 0.717) is 6.04 Å². The lowest BCUT2D eigenvalue weighted by Crippen LogP contribution is -2.35. The van der Waals surface area contributed by atoms with Crippen molar-refractivity contribution in [1.29, 1.82) is 0 Å². The third-order valence-corrected chi connectivity index (χ3v) is 2.31. The number of hydrogen-bond acceptors (Lipinski definition) is 2. The van der Waals surface area contributed by atoms with Crippen molar-refractivity contribution in [1.82, 2.24) is 10.3 Å². The fraction of sp³-hybridized carbons (Fsp3) is 0.300. The normalized spacial score (nSPS) is 21.5. The van der Waals surface area contributed by atoms with Gasteiger partial charge in [0.1, 0.15) is 0 Å². The lowest BCUT2D eigenvalue weighted by Gasteiger charge is -2.28. The van der Waals surface area contributed by atoms with E-state index in [9.17, 15) is 0 Å². The van der Waals surface area contributed by atoms with Gasteiger partial charge in [-0.15, -0.1) is 0 Å². The highest BCUT2D eigenvalue weighted by Gasteiger charge is 2.20. The summed E-state index contributed by atoms with van der Waals surface area (Å²) in [4.78, 5) is 4.11. The van der Waals surface area contributed by atoms with Crippen molar-refractivity contribution < 1.29 is 0 Å². The van der Waals surface area contributed by atoms with Crippen molar-refractivity contribution in [2.75, 3.05) is 6.54 Å². The molecule has 1 aliphatic heterocycles. The first kappa shape index (κ1) is 7.50. The monoisotopic (exact) mass is 160 g/mol. The van der Waals surface area contributed by atoms with Crippen LogP contribution in [0.5, 0.6) is 0 Å². The van der Waals surface area contributed by atoms with Crippen molar-refractivity contribution in [2.45, 2.75) is 12.5 Å². The summed E-state index contributed by atoms with van der Waals surface area (Å²) in [5, 5.41) is 3.35. The van der Waals surface area contributed by atoms with Crippen molar-refractivity contribution >= 4 is 6.08 Å². The van der Waals surface area contributed by atoms with Crippen LogP contribution in [0, 0.1) is 0 Å². The van der Waals surface area contributed by atoms with Gasteiger partial charge in [-0.05, 0) is 30.2 Å². The van der Waals surface area contributed by atoms with E-state index in [1.807, 2.05) is 18.3 Å². The summed E-state index contributed by atoms with van der Waals surface area (Å²) < 4.78 is 0. The van der Waals surface area contributed by atoms with Gasteiger partial charge in [0, 0.05) is 18.4 Å². The number of rotatable bonds is 2. The molecule has 1 aromatic heterocycles. The van der Waals surface area contributed by atoms with Crippen LogP contribution in [0.1, 0.15) is 23.6 Å². The van der Waals surface area contributed by atoms with Crippen LogP contribution in [-0.4, -0.2) is 11.5 Å². The third-order valence-electron chi connectivity index (χ3n) is 2.31. The average molecular weight is 160 g/mol. The Morgan fingerprint density at radius 3 is 3.08 bits per heavy atom. The van der Waals surface area contributed by atoms with Gasteiger partial charge in [-0.2, -0.15) is 0 Å². The molecule has 0 aromatic carbocycles. The van der Waals surface area contributed by atoms with Crippen LogP contribution in [0.3, 0.4) is 0 Å². The number of nitrogens with one attached hydrogen (secondary N) is 1. The van der Waals surface area contributed by atoms with Gasteiger partial charge >= 0.3 is 0 Å². The maximum Gasteiger partial charge on any atom is 0.0353 e. The fourth-order valence-corrected chi connectivity index (χ4v) is 1.45. The number of hydrogen-bond donors (Lipinski definition) is 1. The standard InChI is InChI=1S/C10H12N2/c1-2-8-3-5-11-7-9(8)10-4-6-12-10/h2-3,5,7,10,12H,1,4,6H2. The molecule has 2 heterocycles. The summed E-state index contributed by atoms with van der Waals surface area (Å²) in [6.45, 7) is 4.90. The summed E-state index contributed by atoms with van der Waals surface area (Å²) in [5.41, 5.74) is 2.47. The van der Waals surface area contributed by atoms with Crippen LogP contribution in [0.25, 0.3) is 6.08 Å². The molecule has 0 aliphatic carbocycles.